The summed E-state index contributed by atoms with van der Waals surface area (Å²) in [6.45, 7) is 8.73. The van der Waals surface area contributed by atoms with E-state index in [1.165, 1.54) is 6.20 Å². The molecule has 4 nitrogen and oxygen atoms in total. The monoisotopic (exact) mass is 286 g/mol. The first-order valence-electron chi connectivity index (χ1n) is 6.58. The van der Waals surface area contributed by atoms with Crippen LogP contribution in [0.5, 0.6) is 0 Å². The van der Waals surface area contributed by atoms with E-state index in [-0.39, 0.29) is 5.97 Å². The zero-order chi connectivity index (χ0) is 14.8. The van der Waals surface area contributed by atoms with E-state index in [2.05, 4.69) is 36.2 Å². The maximum absolute atomic E-state index is 11.8. The van der Waals surface area contributed by atoms with Gasteiger partial charge in [0.2, 0.25) is 0 Å². The number of carbonyl (C=O) groups is 1. The molecule has 0 bridgehead atoms. The van der Waals surface area contributed by atoms with Crippen LogP contribution in [-0.4, -0.2) is 30.3 Å². The van der Waals surface area contributed by atoms with Crippen molar-refractivity contribution in [2.24, 2.45) is 0 Å². The lowest BCUT2D eigenvalue weighted by atomic mass is 10.2. The number of carbonyl (C=O) groups excluding carboxylic acids is 1. The highest BCUT2D eigenvalue weighted by Crippen LogP contribution is 2.14. The molecule has 0 fully saturated rings. The van der Waals surface area contributed by atoms with Crippen LogP contribution in [-0.2, 0) is 4.74 Å². The van der Waals surface area contributed by atoms with Crippen LogP contribution in [0.3, 0.4) is 0 Å². The molecule has 0 atom stereocenters. The van der Waals surface area contributed by atoms with E-state index in [4.69, 9.17) is 4.74 Å². The van der Waals surface area contributed by atoms with Crippen molar-refractivity contribution in [3.05, 3.63) is 35.7 Å². The molecule has 2 rings (SSSR count). The van der Waals surface area contributed by atoms with Crippen LogP contribution < -0.4 is 0 Å². The van der Waals surface area contributed by atoms with Crippen LogP contribution in [0.15, 0.2) is 24.5 Å². The lowest BCUT2D eigenvalue weighted by Crippen LogP contribution is -2.16. The zero-order valence-corrected chi connectivity index (χ0v) is 13.2. The number of fused-ring (bicyclic) bond motifs is 1. The summed E-state index contributed by atoms with van der Waals surface area (Å²) in [6.07, 6.45) is 3.34. The predicted octanol–water partition coefficient (Wildman–Crippen LogP) is 2.74. The van der Waals surface area contributed by atoms with Crippen LogP contribution in [0.25, 0.3) is 5.52 Å². The Morgan fingerprint density at radius 1 is 1.45 bits per heavy atom. The average Bonchev–Trinajstić information content (AvgIpc) is 2.78. The maximum Gasteiger partial charge on any atom is 0.341 e. The van der Waals surface area contributed by atoms with Crippen molar-refractivity contribution >= 4 is 19.6 Å². The van der Waals surface area contributed by atoms with Crippen molar-refractivity contribution < 1.29 is 9.53 Å². The summed E-state index contributed by atoms with van der Waals surface area (Å²) in [5, 5.41) is 4.15. The summed E-state index contributed by atoms with van der Waals surface area (Å²) in [5.74, 6) is 2.83. The van der Waals surface area contributed by atoms with E-state index < -0.39 is 8.07 Å². The standard InChI is InChI=1S/C15H18N2O2Si/c1-5-19-15(18)13-11-16-17-8-6-12(10-14(13)17)7-9-20(2,3)4/h6,8,10-11H,5H2,1-4H3. The molecule has 0 amide bonds. The van der Waals surface area contributed by atoms with Gasteiger partial charge in [0.25, 0.3) is 0 Å². The van der Waals surface area contributed by atoms with Gasteiger partial charge in [-0.3, -0.25) is 0 Å². The Bertz CT molecular complexity index is 702. The molecule has 0 N–H and O–H groups in total. The summed E-state index contributed by atoms with van der Waals surface area (Å²) in [7, 11) is -1.41. The largest absolute Gasteiger partial charge is 0.462 e. The fourth-order valence-corrected chi connectivity index (χ4v) is 2.20. The molecule has 0 aliphatic heterocycles. The van der Waals surface area contributed by atoms with E-state index in [1.807, 2.05) is 18.3 Å². The number of hydrogen-bond acceptors (Lipinski definition) is 3. The molecule has 104 valence electrons. The van der Waals surface area contributed by atoms with Crippen LogP contribution in [0.4, 0.5) is 0 Å². The minimum atomic E-state index is -1.41. The van der Waals surface area contributed by atoms with Crippen molar-refractivity contribution in [1.82, 2.24) is 9.61 Å². The molecule has 0 aliphatic rings. The first kappa shape index (κ1) is 14.3. The summed E-state index contributed by atoms with van der Waals surface area (Å²) >= 11 is 0. The van der Waals surface area contributed by atoms with E-state index in [1.54, 1.807) is 11.4 Å². The quantitative estimate of drug-likeness (QED) is 0.484. The topological polar surface area (TPSA) is 43.6 Å². The molecular weight excluding hydrogens is 268 g/mol. The molecule has 0 saturated carbocycles. The highest BCUT2D eigenvalue weighted by Gasteiger charge is 2.14. The fourth-order valence-electron chi connectivity index (χ4n) is 1.68. The molecular formula is C15H18N2O2Si. The van der Waals surface area contributed by atoms with Gasteiger partial charge in [-0.2, -0.15) is 5.10 Å². The van der Waals surface area contributed by atoms with Gasteiger partial charge in [-0.05, 0) is 19.1 Å². The van der Waals surface area contributed by atoms with Gasteiger partial charge in [0.15, 0.2) is 0 Å². The molecule has 0 spiro atoms. The van der Waals surface area contributed by atoms with Gasteiger partial charge in [-0.15, -0.1) is 5.54 Å². The van der Waals surface area contributed by atoms with Gasteiger partial charge in [-0.25, -0.2) is 9.31 Å². The van der Waals surface area contributed by atoms with Crippen molar-refractivity contribution in [2.75, 3.05) is 6.61 Å². The molecule has 5 heteroatoms. The highest BCUT2D eigenvalue weighted by molar-refractivity contribution is 6.83. The van der Waals surface area contributed by atoms with E-state index in [9.17, 15) is 4.79 Å². The van der Waals surface area contributed by atoms with Gasteiger partial charge in [0, 0.05) is 11.8 Å². The van der Waals surface area contributed by atoms with Crippen molar-refractivity contribution in [1.29, 1.82) is 0 Å². The lowest BCUT2D eigenvalue weighted by molar-refractivity contribution is 0.0528. The second-order valence-electron chi connectivity index (χ2n) is 5.52. The summed E-state index contributed by atoms with van der Waals surface area (Å²) < 4.78 is 6.69. The SMILES string of the molecule is CCOC(=O)c1cnn2ccc(C#C[Si](C)(C)C)cc12. The zero-order valence-electron chi connectivity index (χ0n) is 12.2. The molecule has 0 aliphatic carbocycles. The van der Waals surface area contributed by atoms with Gasteiger partial charge >= 0.3 is 5.97 Å². The van der Waals surface area contributed by atoms with Crippen molar-refractivity contribution in [3.8, 4) is 11.5 Å². The Morgan fingerprint density at radius 3 is 2.85 bits per heavy atom. The molecule has 0 radical (unpaired) electrons. The van der Waals surface area contributed by atoms with E-state index >= 15 is 0 Å². The van der Waals surface area contributed by atoms with Crippen molar-refractivity contribution in [3.63, 3.8) is 0 Å². The lowest BCUT2D eigenvalue weighted by Gasteiger charge is -2.03. The molecule has 2 aromatic heterocycles. The van der Waals surface area contributed by atoms with Crippen LogP contribution >= 0.6 is 0 Å². The number of pyridine rings is 1. The van der Waals surface area contributed by atoms with Gasteiger partial charge < -0.3 is 4.74 Å². The maximum atomic E-state index is 11.8. The number of ether oxygens (including phenoxy) is 1. The van der Waals surface area contributed by atoms with E-state index in [0.29, 0.717) is 12.2 Å². The summed E-state index contributed by atoms with van der Waals surface area (Å²) in [6, 6.07) is 3.79. The Hall–Kier alpha value is -2.06. The predicted molar refractivity (Wildman–Crippen MR) is 81.4 cm³/mol. The minimum Gasteiger partial charge on any atom is -0.462 e. The summed E-state index contributed by atoms with van der Waals surface area (Å²) in [5.41, 5.74) is 5.41. The molecule has 0 unspecified atom stereocenters. The molecule has 0 saturated heterocycles. The fraction of sp³-hybridized carbons (Fsp3) is 0.333. The Balaban J connectivity index is 2.44. The van der Waals surface area contributed by atoms with Crippen LogP contribution in [0.1, 0.15) is 22.8 Å². The number of esters is 1. The smallest absolute Gasteiger partial charge is 0.341 e. The number of hydrogen-bond donors (Lipinski definition) is 0. The Kier molecular flexibility index (Phi) is 3.95. The highest BCUT2D eigenvalue weighted by atomic mass is 28.3. The Morgan fingerprint density at radius 2 is 2.20 bits per heavy atom. The third kappa shape index (κ3) is 3.28. The van der Waals surface area contributed by atoms with Crippen LogP contribution in [0.2, 0.25) is 19.6 Å². The average molecular weight is 286 g/mol. The molecule has 2 aromatic rings. The van der Waals surface area contributed by atoms with Gasteiger partial charge in [0.05, 0.1) is 18.3 Å². The minimum absolute atomic E-state index is 0.349. The Labute approximate surface area is 119 Å². The number of rotatable bonds is 2. The molecule has 2 heterocycles. The first-order chi connectivity index (χ1) is 9.40. The number of aromatic nitrogens is 2. The normalized spacial score (nSPS) is 11.0. The second kappa shape index (κ2) is 5.51. The third-order valence-electron chi connectivity index (χ3n) is 2.60. The second-order valence-corrected chi connectivity index (χ2v) is 10.3. The molecule has 0 aromatic carbocycles. The number of nitrogens with zero attached hydrogens (tertiary/aromatic N) is 2. The van der Waals surface area contributed by atoms with Crippen molar-refractivity contribution in [2.45, 2.75) is 26.6 Å². The third-order valence-corrected chi connectivity index (χ3v) is 3.47. The first-order valence-corrected chi connectivity index (χ1v) is 10.1. The van der Waals surface area contributed by atoms with Gasteiger partial charge in [0.1, 0.15) is 13.6 Å². The van der Waals surface area contributed by atoms with Gasteiger partial charge in [-0.1, -0.05) is 25.6 Å². The molecule has 20 heavy (non-hydrogen) atoms. The summed E-state index contributed by atoms with van der Waals surface area (Å²) in [4.78, 5) is 11.8. The van der Waals surface area contributed by atoms with Crippen LogP contribution in [0, 0.1) is 11.5 Å². The van der Waals surface area contributed by atoms with E-state index in [0.717, 1.165) is 11.1 Å².